The summed E-state index contributed by atoms with van der Waals surface area (Å²) in [4.78, 5) is 27.6. The molecule has 6 rings (SSSR count). The van der Waals surface area contributed by atoms with Crippen LogP contribution in [0.15, 0.2) is 77.4 Å². The molecule has 3 saturated heterocycles. The van der Waals surface area contributed by atoms with Crippen LogP contribution in [0.4, 0.5) is 0 Å². The second kappa shape index (κ2) is 16.7. The summed E-state index contributed by atoms with van der Waals surface area (Å²) in [6.45, 7) is 12.2. The molecule has 2 N–H and O–H groups in total. The second-order valence-corrected chi connectivity index (χ2v) is 16.1. The molecule has 1 aromatic carbocycles. The van der Waals surface area contributed by atoms with Gasteiger partial charge in [0.25, 0.3) is 0 Å². The van der Waals surface area contributed by atoms with Gasteiger partial charge in [0.2, 0.25) is 0 Å². The highest BCUT2D eigenvalue weighted by Gasteiger charge is 2.61. The molecule has 0 radical (unpaired) electrons. The molecule has 2 bridgehead atoms. The van der Waals surface area contributed by atoms with Crippen molar-refractivity contribution in [3.8, 4) is 5.75 Å². The van der Waals surface area contributed by atoms with E-state index in [1.54, 1.807) is 50.5 Å². The largest absolute Gasteiger partial charge is 0.497 e. The van der Waals surface area contributed by atoms with Crippen LogP contribution in [0.25, 0.3) is 6.08 Å². The molecule has 294 valence electrons. The predicted molar refractivity (Wildman–Crippen MR) is 204 cm³/mol. The molecule has 10 heteroatoms. The van der Waals surface area contributed by atoms with Crippen molar-refractivity contribution in [1.29, 1.82) is 0 Å². The fraction of sp³-hybridized carbons (Fsp3) is 0.591. The van der Waals surface area contributed by atoms with E-state index in [1.165, 1.54) is 6.08 Å². The monoisotopic (exact) mass is 746 g/mol. The van der Waals surface area contributed by atoms with Gasteiger partial charge in [0.15, 0.2) is 11.9 Å². The lowest BCUT2D eigenvalue weighted by molar-refractivity contribution is -0.340. The molecule has 12 atom stereocenters. The number of benzene rings is 1. The van der Waals surface area contributed by atoms with Gasteiger partial charge >= 0.3 is 11.9 Å². The van der Waals surface area contributed by atoms with Gasteiger partial charge in [-0.15, -0.1) is 0 Å². The van der Waals surface area contributed by atoms with E-state index in [2.05, 4.69) is 20.8 Å². The first-order valence-electron chi connectivity index (χ1n) is 19.6. The lowest BCUT2D eigenvalue weighted by Gasteiger charge is -2.51. The number of rotatable bonds is 6. The van der Waals surface area contributed by atoms with Crippen LogP contribution in [0.1, 0.15) is 85.6 Å². The van der Waals surface area contributed by atoms with Crippen LogP contribution in [0.5, 0.6) is 5.75 Å². The lowest BCUT2D eigenvalue weighted by atomic mass is 9.70. The zero-order valence-electron chi connectivity index (χ0n) is 32.7. The third-order valence-electron chi connectivity index (χ3n) is 12.2. The number of ether oxygens (including phenoxy) is 6. The molecule has 5 unspecified atom stereocenters. The van der Waals surface area contributed by atoms with Crippen molar-refractivity contribution in [2.45, 2.75) is 128 Å². The van der Waals surface area contributed by atoms with Gasteiger partial charge in [0.05, 0.1) is 32.0 Å². The summed E-state index contributed by atoms with van der Waals surface area (Å²) in [6.07, 6.45) is 12.3. The van der Waals surface area contributed by atoms with Crippen molar-refractivity contribution in [3.05, 3.63) is 83.0 Å². The van der Waals surface area contributed by atoms with Gasteiger partial charge in [-0.2, -0.15) is 0 Å². The van der Waals surface area contributed by atoms with Crippen LogP contribution >= 0.6 is 0 Å². The fourth-order valence-electron chi connectivity index (χ4n) is 8.73. The Labute approximate surface area is 319 Å². The molecule has 4 aliphatic heterocycles. The number of aliphatic hydroxyl groups is 2. The van der Waals surface area contributed by atoms with E-state index >= 15 is 0 Å². The average molecular weight is 747 g/mol. The van der Waals surface area contributed by atoms with Crippen molar-refractivity contribution >= 4 is 18.0 Å². The molecule has 1 spiro atoms. The van der Waals surface area contributed by atoms with Crippen LogP contribution in [0, 0.1) is 23.7 Å². The molecule has 3 fully saturated rings. The van der Waals surface area contributed by atoms with E-state index in [9.17, 15) is 19.8 Å². The molecule has 5 aliphatic rings. The number of methoxy groups -OCH3 is 1. The number of hydrogen-bond acceptors (Lipinski definition) is 10. The second-order valence-electron chi connectivity index (χ2n) is 16.1. The van der Waals surface area contributed by atoms with Crippen LogP contribution in [0.2, 0.25) is 0 Å². The number of allylic oxidation sites excluding steroid dienone is 2. The van der Waals surface area contributed by atoms with Crippen molar-refractivity contribution in [1.82, 2.24) is 0 Å². The average Bonchev–Trinajstić information content (AvgIpc) is 3.50. The Morgan fingerprint density at radius 3 is 2.59 bits per heavy atom. The topological polar surface area (TPSA) is 130 Å². The van der Waals surface area contributed by atoms with Gasteiger partial charge in [-0.25, -0.2) is 4.79 Å². The van der Waals surface area contributed by atoms with Crippen LogP contribution < -0.4 is 4.74 Å². The summed E-state index contributed by atoms with van der Waals surface area (Å²) in [7, 11) is 1.59. The maximum Gasteiger partial charge on any atom is 0.331 e. The number of fused-ring (bicyclic) bond motifs is 2. The van der Waals surface area contributed by atoms with Crippen molar-refractivity contribution in [3.63, 3.8) is 0 Å². The smallest absolute Gasteiger partial charge is 0.331 e. The summed E-state index contributed by atoms with van der Waals surface area (Å²) in [5.41, 5.74) is 0.751. The first-order chi connectivity index (χ1) is 25.8. The molecule has 0 aromatic heterocycles. The fourth-order valence-corrected chi connectivity index (χ4v) is 8.73. The van der Waals surface area contributed by atoms with Crippen LogP contribution in [-0.4, -0.2) is 83.9 Å². The van der Waals surface area contributed by atoms with Gasteiger partial charge in [0.1, 0.15) is 29.5 Å². The highest BCUT2D eigenvalue weighted by molar-refractivity contribution is 5.87. The van der Waals surface area contributed by atoms with E-state index in [4.69, 9.17) is 28.4 Å². The van der Waals surface area contributed by atoms with Crippen molar-refractivity contribution < 1.29 is 48.2 Å². The molecular formula is C44H58O10. The van der Waals surface area contributed by atoms with Crippen molar-refractivity contribution in [2.24, 2.45) is 23.7 Å². The summed E-state index contributed by atoms with van der Waals surface area (Å²) in [5.74, 6) is -2.12. The maximum absolute atomic E-state index is 14.5. The van der Waals surface area contributed by atoms with E-state index in [0.717, 1.165) is 24.0 Å². The molecule has 0 amide bonds. The SMILES string of the molecule is CC[C@H](C)C1O[C@]2(CC[C@@H]1C)CC1CC(C/C=C(\C)[C@@H](O)[C@@H](C)/C=C/C=C3\COC4[C@H](OC(=O)/C=C/c5ccc(OC)cc5)C(C)=CC(C(=O)O1)[C@]34O)O2. The molecule has 0 saturated carbocycles. The molecule has 54 heavy (non-hydrogen) atoms. The number of hydrogen-bond donors (Lipinski definition) is 2. The first kappa shape index (κ1) is 40.1. The number of aliphatic hydroxyl groups excluding tert-OH is 1. The minimum Gasteiger partial charge on any atom is -0.497 e. The lowest BCUT2D eigenvalue weighted by Crippen LogP contribution is -2.59. The summed E-state index contributed by atoms with van der Waals surface area (Å²) in [5, 5.41) is 24.0. The van der Waals surface area contributed by atoms with Crippen LogP contribution in [0.3, 0.4) is 0 Å². The van der Waals surface area contributed by atoms with E-state index in [0.29, 0.717) is 54.4 Å². The Kier molecular flexibility index (Phi) is 12.4. The third-order valence-corrected chi connectivity index (χ3v) is 12.2. The Morgan fingerprint density at radius 2 is 1.87 bits per heavy atom. The Balaban J connectivity index is 1.32. The number of esters is 2. The standard InChI is InChI=1S/C44H58O10/c1-8-26(2)39-29(5)20-21-43(54-39)24-35-23-34(53-43)16-12-28(4)38(46)27(3)10-9-11-32-25-50-41-40(30(6)22-36(42(47)51-35)44(32,41)48)52-37(45)19-15-31-13-17-33(49-7)18-14-31/h9-15,17-19,22,26-27,29,34-36,38-41,46,48H,8,16,20-21,23-25H2,1-7H3/b10-9+,19-15+,28-12+,32-11+/t26-,27-,29-,34?,35?,36?,38-,39?,40+,41?,43+,44+/m0/s1. The summed E-state index contributed by atoms with van der Waals surface area (Å²) in [6, 6.07) is 7.24. The zero-order chi connectivity index (χ0) is 38.8. The molecule has 4 heterocycles. The van der Waals surface area contributed by atoms with Crippen molar-refractivity contribution in [2.75, 3.05) is 13.7 Å². The summed E-state index contributed by atoms with van der Waals surface area (Å²) < 4.78 is 37.4. The van der Waals surface area contributed by atoms with E-state index in [1.807, 2.05) is 38.1 Å². The van der Waals surface area contributed by atoms with Crippen LogP contribution in [-0.2, 0) is 33.3 Å². The van der Waals surface area contributed by atoms with Gasteiger partial charge in [-0.3, -0.25) is 4.79 Å². The summed E-state index contributed by atoms with van der Waals surface area (Å²) >= 11 is 0. The number of carbonyl (C=O) groups excluding carboxylic acids is 2. The normalized spacial score (nSPS) is 40.4. The molecular weight excluding hydrogens is 688 g/mol. The van der Waals surface area contributed by atoms with Gasteiger partial charge < -0.3 is 38.6 Å². The Hall–Kier alpha value is -3.54. The molecule has 1 aliphatic carbocycles. The van der Waals surface area contributed by atoms with Gasteiger partial charge in [-0.1, -0.05) is 76.6 Å². The maximum atomic E-state index is 14.5. The predicted octanol–water partition coefficient (Wildman–Crippen LogP) is 6.80. The highest BCUT2D eigenvalue weighted by Crippen LogP contribution is 2.48. The Bertz CT molecular complexity index is 1670. The van der Waals surface area contributed by atoms with E-state index < -0.39 is 53.7 Å². The zero-order valence-corrected chi connectivity index (χ0v) is 32.7. The molecule has 10 nitrogen and oxygen atoms in total. The Morgan fingerprint density at radius 1 is 1.11 bits per heavy atom. The van der Waals surface area contributed by atoms with Gasteiger partial charge in [-0.05, 0) is 79.0 Å². The van der Waals surface area contributed by atoms with E-state index in [-0.39, 0.29) is 24.7 Å². The first-order valence-corrected chi connectivity index (χ1v) is 19.6. The minimum absolute atomic E-state index is 0.00266. The third kappa shape index (κ3) is 8.33. The quantitative estimate of drug-likeness (QED) is 0.182. The number of carbonyl (C=O) groups is 2. The van der Waals surface area contributed by atoms with Gasteiger partial charge in [0, 0.05) is 31.3 Å². The molecule has 1 aromatic rings. The minimum atomic E-state index is -1.87. The highest BCUT2D eigenvalue weighted by atomic mass is 16.7.